The van der Waals surface area contributed by atoms with Crippen LogP contribution in [0.5, 0.6) is 0 Å². The van der Waals surface area contributed by atoms with E-state index < -0.39 is 18.6 Å². The Morgan fingerprint density at radius 1 is 1.28 bits per heavy atom. The predicted octanol–water partition coefficient (Wildman–Crippen LogP) is 3.62. The van der Waals surface area contributed by atoms with Crippen molar-refractivity contribution in [1.29, 1.82) is 0 Å². The fourth-order valence-electron chi connectivity index (χ4n) is 1.70. The third kappa shape index (κ3) is 3.48. The quantitative estimate of drug-likeness (QED) is 0.832. The number of alkyl halides is 3. The maximum atomic E-state index is 12.4. The van der Waals surface area contributed by atoms with E-state index in [4.69, 9.17) is 0 Å². The number of hydrogen-bond acceptors (Lipinski definition) is 1. The van der Waals surface area contributed by atoms with E-state index in [0.29, 0.717) is 12.8 Å². The maximum Gasteiger partial charge on any atom is 0.406 e. The summed E-state index contributed by atoms with van der Waals surface area (Å²) in [5.74, 6) is -0.553. The normalized spacial score (nSPS) is 15.6. The van der Waals surface area contributed by atoms with Crippen LogP contribution in [-0.4, -0.2) is 29.6 Å². The minimum absolute atomic E-state index is 0.261. The van der Waals surface area contributed by atoms with Crippen molar-refractivity contribution in [3.63, 3.8) is 0 Å². The van der Waals surface area contributed by atoms with Crippen LogP contribution >= 0.6 is 15.9 Å². The number of rotatable bonds is 3. The predicted molar refractivity (Wildman–Crippen MR) is 64.3 cm³/mol. The highest BCUT2D eigenvalue weighted by Crippen LogP contribution is 2.31. The number of halogens is 4. The zero-order valence-corrected chi connectivity index (χ0v) is 11.0. The van der Waals surface area contributed by atoms with Crippen LogP contribution in [0.1, 0.15) is 23.2 Å². The molecule has 1 fully saturated rings. The van der Waals surface area contributed by atoms with Gasteiger partial charge in [0.15, 0.2) is 0 Å². The first-order valence-corrected chi connectivity index (χ1v) is 6.29. The summed E-state index contributed by atoms with van der Waals surface area (Å²) in [4.78, 5) is 12.9. The lowest BCUT2D eigenvalue weighted by molar-refractivity contribution is -0.141. The molecule has 0 saturated heterocycles. The molecule has 0 bridgehead atoms. The Balaban J connectivity index is 2.15. The van der Waals surface area contributed by atoms with Gasteiger partial charge in [0.1, 0.15) is 6.54 Å². The molecule has 1 aliphatic rings. The molecule has 2 rings (SSSR count). The van der Waals surface area contributed by atoms with Gasteiger partial charge in [0.2, 0.25) is 0 Å². The van der Waals surface area contributed by atoms with Gasteiger partial charge in [-0.25, -0.2) is 0 Å². The monoisotopic (exact) mass is 321 g/mol. The average molecular weight is 322 g/mol. The highest BCUT2D eigenvalue weighted by atomic mass is 79.9. The van der Waals surface area contributed by atoms with E-state index >= 15 is 0 Å². The minimum Gasteiger partial charge on any atom is -0.327 e. The van der Waals surface area contributed by atoms with E-state index in [2.05, 4.69) is 15.9 Å². The van der Waals surface area contributed by atoms with Gasteiger partial charge in [-0.3, -0.25) is 4.79 Å². The molecule has 6 heteroatoms. The van der Waals surface area contributed by atoms with Crippen LogP contribution in [0.4, 0.5) is 13.2 Å². The number of hydrogen-bond donors (Lipinski definition) is 0. The van der Waals surface area contributed by atoms with Crippen molar-refractivity contribution in [3.05, 3.63) is 34.3 Å². The van der Waals surface area contributed by atoms with Crippen LogP contribution in [0.2, 0.25) is 0 Å². The first kappa shape index (κ1) is 13.4. The highest BCUT2D eigenvalue weighted by Gasteiger charge is 2.40. The van der Waals surface area contributed by atoms with Gasteiger partial charge >= 0.3 is 6.18 Å². The molecule has 2 nitrogen and oxygen atoms in total. The Hall–Kier alpha value is -1.04. The second-order valence-electron chi connectivity index (χ2n) is 4.29. The molecule has 0 atom stereocenters. The summed E-state index contributed by atoms with van der Waals surface area (Å²) < 4.78 is 38.1. The standard InChI is InChI=1S/C12H11BrF3NO/c13-9-3-1-8(2-4-9)11(18)17(10-5-6-10)7-12(14,15)16/h1-4,10H,5-7H2. The van der Waals surface area contributed by atoms with Crippen molar-refractivity contribution in [3.8, 4) is 0 Å². The Morgan fingerprint density at radius 3 is 2.28 bits per heavy atom. The maximum absolute atomic E-state index is 12.4. The Kier molecular flexibility index (Phi) is 3.66. The van der Waals surface area contributed by atoms with E-state index in [1.165, 1.54) is 12.1 Å². The minimum atomic E-state index is -4.35. The lowest BCUT2D eigenvalue weighted by Crippen LogP contribution is -2.40. The summed E-state index contributed by atoms with van der Waals surface area (Å²) in [7, 11) is 0. The van der Waals surface area contributed by atoms with E-state index in [1.807, 2.05) is 0 Å². The van der Waals surface area contributed by atoms with Crippen molar-refractivity contribution in [1.82, 2.24) is 4.90 Å². The summed E-state index contributed by atoms with van der Waals surface area (Å²) >= 11 is 3.22. The topological polar surface area (TPSA) is 20.3 Å². The average Bonchev–Trinajstić information content (AvgIpc) is 3.08. The lowest BCUT2D eigenvalue weighted by atomic mass is 10.2. The van der Waals surface area contributed by atoms with Crippen molar-refractivity contribution in [2.45, 2.75) is 25.1 Å². The summed E-state index contributed by atoms with van der Waals surface area (Å²) in [5, 5.41) is 0. The van der Waals surface area contributed by atoms with Crippen LogP contribution in [0, 0.1) is 0 Å². The summed E-state index contributed by atoms with van der Waals surface area (Å²) in [6.07, 6.45) is -3.05. The fraction of sp³-hybridized carbons (Fsp3) is 0.417. The van der Waals surface area contributed by atoms with Crippen LogP contribution in [0.3, 0.4) is 0 Å². The van der Waals surface area contributed by atoms with Gasteiger partial charge in [0, 0.05) is 16.1 Å². The molecule has 18 heavy (non-hydrogen) atoms. The zero-order chi connectivity index (χ0) is 13.3. The molecule has 1 saturated carbocycles. The third-order valence-electron chi connectivity index (χ3n) is 2.69. The van der Waals surface area contributed by atoms with Gasteiger partial charge in [-0.2, -0.15) is 13.2 Å². The van der Waals surface area contributed by atoms with Crippen molar-refractivity contribution in [2.75, 3.05) is 6.54 Å². The van der Waals surface area contributed by atoms with Crippen molar-refractivity contribution >= 4 is 21.8 Å². The zero-order valence-electron chi connectivity index (χ0n) is 9.38. The Morgan fingerprint density at radius 2 is 1.83 bits per heavy atom. The number of amides is 1. The molecule has 1 amide bonds. The molecule has 0 aromatic heterocycles. The second kappa shape index (κ2) is 4.91. The number of nitrogens with zero attached hydrogens (tertiary/aromatic N) is 1. The molecule has 0 aliphatic heterocycles. The Labute approximate surface area is 111 Å². The van der Waals surface area contributed by atoms with E-state index in [0.717, 1.165) is 9.37 Å². The van der Waals surface area contributed by atoms with Crippen LogP contribution in [-0.2, 0) is 0 Å². The van der Waals surface area contributed by atoms with Crippen LogP contribution in [0.15, 0.2) is 28.7 Å². The van der Waals surface area contributed by atoms with Gasteiger partial charge in [-0.1, -0.05) is 15.9 Å². The van der Waals surface area contributed by atoms with Gasteiger partial charge < -0.3 is 4.90 Å². The molecule has 1 aliphatic carbocycles. The number of benzene rings is 1. The fourth-order valence-corrected chi connectivity index (χ4v) is 1.97. The van der Waals surface area contributed by atoms with E-state index in [1.54, 1.807) is 12.1 Å². The summed E-state index contributed by atoms with van der Waals surface area (Å²) in [6, 6.07) is 6.08. The summed E-state index contributed by atoms with van der Waals surface area (Å²) in [6.45, 7) is -1.17. The smallest absolute Gasteiger partial charge is 0.327 e. The van der Waals surface area contributed by atoms with Crippen molar-refractivity contribution < 1.29 is 18.0 Å². The molecule has 0 radical (unpaired) electrons. The van der Waals surface area contributed by atoms with Gasteiger partial charge in [-0.15, -0.1) is 0 Å². The Bertz CT molecular complexity index is 440. The van der Waals surface area contributed by atoms with Crippen LogP contribution in [0.25, 0.3) is 0 Å². The number of carbonyl (C=O) groups excluding carboxylic acids is 1. The number of carbonyl (C=O) groups is 1. The molecule has 0 heterocycles. The lowest BCUT2D eigenvalue weighted by Gasteiger charge is -2.23. The molecule has 0 N–H and O–H groups in total. The second-order valence-corrected chi connectivity index (χ2v) is 5.20. The van der Waals surface area contributed by atoms with Gasteiger partial charge in [0.05, 0.1) is 0 Å². The summed E-state index contributed by atoms with van der Waals surface area (Å²) in [5.41, 5.74) is 0.286. The molecule has 1 aromatic carbocycles. The van der Waals surface area contributed by atoms with Crippen LogP contribution < -0.4 is 0 Å². The molecular weight excluding hydrogens is 311 g/mol. The van der Waals surface area contributed by atoms with Crippen molar-refractivity contribution in [2.24, 2.45) is 0 Å². The molecule has 98 valence electrons. The third-order valence-corrected chi connectivity index (χ3v) is 3.22. The van der Waals surface area contributed by atoms with Gasteiger partial charge in [0.25, 0.3) is 5.91 Å². The molecule has 0 spiro atoms. The highest BCUT2D eigenvalue weighted by molar-refractivity contribution is 9.10. The largest absolute Gasteiger partial charge is 0.406 e. The molecule has 1 aromatic rings. The molecule has 0 unspecified atom stereocenters. The SMILES string of the molecule is O=C(c1ccc(Br)cc1)N(CC(F)(F)F)C1CC1. The van der Waals surface area contributed by atoms with Gasteiger partial charge in [-0.05, 0) is 37.1 Å². The first-order valence-electron chi connectivity index (χ1n) is 5.50. The van der Waals surface area contributed by atoms with E-state index in [-0.39, 0.29) is 11.6 Å². The molecular formula is C12H11BrF3NO. The van der Waals surface area contributed by atoms with E-state index in [9.17, 15) is 18.0 Å². The first-order chi connectivity index (χ1) is 8.37.